The quantitative estimate of drug-likeness (QED) is 0.495. The highest BCUT2D eigenvalue weighted by molar-refractivity contribution is 6.07. The summed E-state index contributed by atoms with van der Waals surface area (Å²) in [5, 5.41) is 5.89. The Kier molecular flexibility index (Phi) is 6.45. The van der Waals surface area contributed by atoms with Crippen molar-refractivity contribution in [1.29, 1.82) is 0 Å². The molecule has 0 spiro atoms. The Morgan fingerprint density at radius 1 is 1.00 bits per heavy atom. The summed E-state index contributed by atoms with van der Waals surface area (Å²) in [5.74, 6) is -0.959. The molecule has 9 heteroatoms. The van der Waals surface area contributed by atoms with E-state index in [9.17, 15) is 14.4 Å². The second kappa shape index (κ2) is 9.72. The average molecular weight is 501 g/mol. The molecule has 0 radical (unpaired) electrons. The molecular weight excluding hydrogens is 468 g/mol. The van der Waals surface area contributed by atoms with Crippen molar-refractivity contribution in [3.05, 3.63) is 83.4 Å². The third kappa shape index (κ3) is 4.81. The van der Waals surface area contributed by atoms with Gasteiger partial charge in [-0.1, -0.05) is 42.5 Å². The van der Waals surface area contributed by atoms with E-state index in [4.69, 9.17) is 0 Å². The van der Waals surface area contributed by atoms with Crippen LogP contribution in [0.3, 0.4) is 0 Å². The molecule has 1 aliphatic carbocycles. The summed E-state index contributed by atoms with van der Waals surface area (Å²) < 4.78 is 1.64. The minimum Gasteiger partial charge on any atom is -0.378 e. The fraction of sp³-hybridized carbons (Fsp3) is 0.357. The molecule has 37 heavy (non-hydrogen) atoms. The van der Waals surface area contributed by atoms with Gasteiger partial charge in [-0.2, -0.15) is 0 Å². The molecule has 2 aliphatic rings. The maximum absolute atomic E-state index is 13.8. The van der Waals surface area contributed by atoms with Crippen molar-refractivity contribution in [3.8, 4) is 0 Å². The van der Waals surface area contributed by atoms with Crippen molar-refractivity contribution in [2.75, 3.05) is 19.0 Å². The summed E-state index contributed by atoms with van der Waals surface area (Å²) >= 11 is 0. The smallest absolute Gasteiger partial charge is 0.274 e. The fourth-order valence-corrected chi connectivity index (χ4v) is 4.87. The summed E-state index contributed by atoms with van der Waals surface area (Å²) in [6.07, 6.45) is 3.17. The first kappa shape index (κ1) is 24.5. The van der Waals surface area contributed by atoms with Crippen LogP contribution < -0.4 is 15.5 Å². The highest BCUT2D eigenvalue weighted by Gasteiger charge is 2.53. The van der Waals surface area contributed by atoms with Crippen molar-refractivity contribution in [1.82, 2.24) is 25.1 Å². The average Bonchev–Trinajstić information content (AvgIpc) is 3.64. The third-order valence-electron chi connectivity index (χ3n) is 7.09. The van der Waals surface area contributed by atoms with Crippen LogP contribution >= 0.6 is 0 Å². The van der Waals surface area contributed by atoms with Gasteiger partial charge in [-0.3, -0.25) is 14.4 Å². The van der Waals surface area contributed by atoms with Crippen LogP contribution in [0, 0.1) is 0 Å². The Morgan fingerprint density at radius 2 is 1.65 bits per heavy atom. The maximum atomic E-state index is 13.8. The van der Waals surface area contributed by atoms with Gasteiger partial charge in [0.15, 0.2) is 5.69 Å². The highest BCUT2D eigenvalue weighted by atomic mass is 16.2. The maximum Gasteiger partial charge on any atom is 0.274 e. The zero-order valence-electron chi connectivity index (χ0n) is 21.4. The Hall–Kier alpha value is -4.14. The predicted molar refractivity (Wildman–Crippen MR) is 140 cm³/mol. The number of nitrogens with one attached hydrogen (secondary N) is 2. The van der Waals surface area contributed by atoms with E-state index < -0.39 is 11.4 Å². The summed E-state index contributed by atoms with van der Waals surface area (Å²) in [6.45, 7) is 2.72. The zero-order chi connectivity index (χ0) is 26.2. The second-order valence-corrected chi connectivity index (χ2v) is 10.2. The molecule has 5 rings (SSSR count). The lowest BCUT2D eigenvalue weighted by molar-refractivity contribution is -0.133. The van der Waals surface area contributed by atoms with Crippen LogP contribution in [0.15, 0.2) is 60.9 Å². The highest BCUT2D eigenvalue weighted by Crippen LogP contribution is 2.38. The van der Waals surface area contributed by atoms with E-state index in [-0.39, 0.29) is 35.8 Å². The molecule has 9 nitrogen and oxygen atoms in total. The van der Waals surface area contributed by atoms with Crippen LogP contribution in [0.4, 0.5) is 5.69 Å². The van der Waals surface area contributed by atoms with E-state index in [0.717, 1.165) is 29.7 Å². The number of benzene rings is 2. The van der Waals surface area contributed by atoms with E-state index in [1.54, 1.807) is 16.4 Å². The summed E-state index contributed by atoms with van der Waals surface area (Å²) in [6, 6.07) is 17.5. The van der Waals surface area contributed by atoms with Crippen LogP contribution in [0.5, 0.6) is 0 Å². The van der Waals surface area contributed by atoms with Crippen molar-refractivity contribution in [3.63, 3.8) is 0 Å². The molecule has 1 aromatic heterocycles. The Morgan fingerprint density at radius 3 is 2.30 bits per heavy atom. The summed E-state index contributed by atoms with van der Waals surface area (Å²) in [5.41, 5.74) is 2.24. The van der Waals surface area contributed by atoms with Gasteiger partial charge < -0.3 is 25.0 Å². The van der Waals surface area contributed by atoms with Crippen LogP contribution in [0.25, 0.3) is 0 Å². The van der Waals surface area contributed by atoms with Gasteiger partial charge in [0.25, 0.3) is 11.8 Å². The molecule has 3 amide bonds. The first-order chi connectivity index (χ1) is 17.8. The van der Waals surface area contributed by atoms with E-state index in [2.05, 4.69) is 15.6 Å². The number of imidazole rings is 1. The minimum absolute atomic E-state index is 0.0188. The van der Waals surface area contributed by atoms with Gasteiger partial charge in [0.05, 0.1) is 12.9 Å². The number of anilines is 1. The molecule has 2 N–H and O–H groups in total. The monoisotopic (exact) mass is 500 g/mol. The Labute approximate surface area is 216 Å². The normalized spacial score (nSPS) is 18.8. The van der Waals surface area contributed by atoms with Crippen LogP contribution in [0.1, 0.15) is 51.9 Å². The lowest BCUT2D eigenvalue weighted by atomic mass is 9.93. The molecule has 1 aliphatic heterocycles. The molecule has 2 aromatic carbocycles. The molecule has 1 saturated carbocycles. The number of carbonyl (C=O) groups is 3. The number of amides is 3. The zero-order valence-corrected chi connectivity index (χ0v) is 21.4. The largest absolute Gasteiger partial charge is 0.378 e. The van der Waals surface area contributed by atoms with Gasteiger partial charge >= 0.3 is 0 Å². The molecule has 3 aromatic rings. The Bertz CT molecular complexity index is 1310. The van der Waals surface area contributed by atoms with E-state index in [1.165, 1.54) is 6.33 Å². The van der Waals surface area contributed by atoms with Crippen LogP contribution in [0.2, 0.25) is 0 Å². The number of fused-ring (bicyclic) bond motifs is 1. The number of rotatable bonds is 8. The van der Waals surface area contributed by atoms with Gasteiger partial charge in [-0.25, -0.2) is 4.98 Å². The number of hydrogen-bond acceptors (Lipinski definition) is 5. The van der Waals surface area contributed by atoms with Crippen molar-refractivity contribution in [2.24, 2.45) is 0 Å². The Balaban J connectivity index is 1.33. The number of aromatic nitrogens is 2. The standard InChI is InChI=1S/C28H32N6O3/c1-28(27(37)30-16-19-7-5-4-6-8-19)17-33-18-31-23(24(33)26(36)34(28)22-13-14-22)25(35)29-15-20-9-11-21(12-10-20)32(2)3/h4-12,18,22H,13-17H2,1-3H3,(H,29,35)(H,30,37)/t28-/m0/s1. The molecule has 0 unspecified atom stereocenters. The number of carbonyl (C=O) groups excluding carboxylic acids is 3. The first-order valence-corrected chi connectivity index (χ1v) is 12.5. The van der Waals surface area contributed by atoms with Gasteiger partial charge in [0.1, 0.15) is 11.2 Å². The van der Waals surface area contributed by atoms with Gasteiger partial charge in [-0.05, 0) is 43.0 Å². The molecule has 1 fully saturated rings. The SMILES string of the molecule is CN(C)c1ccc(CNC(=O)c2ncn3c2C(=O)N(C2CC2)[C@](C)(C(=O)NCc2ccccc2)C3)cc1. The molecule has 0 bridgehead atoms. The number of hydrogen-bond donors (Lipinski definition) is 2. The number of nitrogens with zero attached hydrogens (tertiary/aromatic N) is 4. The van der Waals surface area contributed by atoms with E-state index >= 15 is 0 Å². The summed E-state index contributed by atoms with van der Waals surface area (Å²) in [7, 11) is 3.94. The topological polar surface area (TPSA) is 99.6 Å². The molecular formula is C28H32N6O3. The van der Waals surface area contributed by atoms with Crippen molar-refractivity contribution in [2.45, 2.75) is 51.0 Å². The molecule has 2 heterocycles. The van der Waals surface area contributed by atoms with Gasteiger partial charge in [0, 0.05) is 38.9 Å². The molecule has 192 valence electrons. The van der Waals surface area contributed by atoms with E-state index in [1.807, 2.05) is 73.6 Å². The van der Waals surface area contributed by atoms with Crippen LogP contribution in [-0.2, 0) is 24.4 Å². The lowest BCUT2D eigenvalue weighted by Gasteiger charge is -2.44. The molecule has 0 saturated heterocycles. The van der Waals surface area contributed by atoms with E-state index in [0.29, 0.717) is 13.1 Å². The summed E-state index contributed by atoms with van der Waals surface area (Å²) in [4.78, 5) is 48.2. The fourth-order valence-electron chi connectivity index (χ4n) is 4.87. The third-order valence-corrected chi connectivity index (χ3v) is 7.09. The predicted octanol–water partition coefficient (Wildman–Crippen LogP) is 2.57. The van der Waals surface area contributed by atoms with Crippen molar-refractivity contribution < 1.29 is 14.4 Å². The van der Waals surface area contributed by atoms with Crippen LogP contribution in [-0.4, -0.2) is 57.8 Å². The van der Waals surface area contributed by atoms with Crippen molar-refractivity contribution >= 4 is 23.4 Å². The molecule has 1 atom stereocenters. The lowest BCUT2D eigenvalue weighted by Crippen LogP contribution is -2.64. The van der Waals surface area contributed by atoms with Gasteiger partial charge in [-0.15, -0.1) is 0 Å². The first-order valence-electron chi connectivity index (χ1n) is 12.5. The minimum atomic E-state index is -1.08. The second-order valence-electron chi connectivity index (χ2n) is 10.2. The van der Waals surface area contributed by atoms with Gasteiger partial charge in [0.2, 0.25) is 5.91 Å².